The average molecular weight is 300 g/mol. The first-order valence-corrected chi connectivity index (χ1v) is 6.93. The Balaban J connectivity index is 1.96. The Hall–Kier alpha value is -2.60. The highest BCUT2D eigenvalue weighted by Crippen LogP contribution is 2.37. The Morgan fingerprint density at radius 3 is 2.77 bits per heavy atom. The molecule has 0 unspecified atom stereocenters. The summed E-state index contributed by atoms with van der Waals surface area (Å²) in [6.07, 6.45) is 0. The quantitative estimate of drug-likeness (QED) is 0.807. The van der Waals surface area contributed by atoms with E-state index in [0.717, 1.165) is 11.0 Å². The number of hydrogen-bond acceptors (Lipinski definition) is 4. The molecule has 4 rings (SSSR count). The van der Waals surface area contributed by atoms with Crippen molar-refractivity contribution in [3.63, 3.8) is 0 Å². The zero-order chi connectivity index (χ0) is 15.1. The number of aliphatic hydroxyl groups is 1. The molecule has 2 aromatic carbocycles. The van der Waals surface area contributed by atoms with E-state index < -0.39 is 0 Å². The van der Waals surface area contributed by atoms with Crippen LogP contribution in [0.15, 0.2) is 36.4 Å². The molecule has 6 heteroatoms. The summed E-state index contributed by atoms with van der Waals surface area (Å²) in [5, 5.41) is 9.34. The van der Waals surface area contributed by atoms with E-state index in [4.69, 9.17) is 9.47 Å². The van der Waals surface area contributed by atoms with Gasteiger partial charge in [0.15, 0.2) is 11.5 Å². The van der Waals surface area contributed by atoms with Gasteiger partial charge in [0.05, 0.1) is 17.6 Å². The topological polar surface area (TPSA) is 56.5 Å². The van der Waals surface area contributed by atoms with Gasteiger partial charge in [-0.15, -0.1) is 0 Å². The zero-order valence-electron chi connectivity index (χ0n) is 11.6. The fourth-order valence-electron chi connectivity index (χ4n) is 2.69. The van der Waals surface area contributed by atoms with Gasteiger partial charge in [-0.25, -0.2) is 9.37 Å². The maximum Gasteiger partial charge on any atom is 0.231 e. The number of fused-ring (bicyclic) bond motifs is 2. The van der Waals surface area contributed by atoms with Crippen molar-refractivity contribution in [3.05, 3.63) is 42.2 Å². The van der Waals surface area contributed by atoms with Gasteiger partial charge in [0.25, 0.3) is 0 Å². The molecule has 0 saturated carbocycles. The number of ether oxygens (including phenoxy) is 2. The molecule has 1 aliphatic rings. The fourth-order valence-corrected chi connectivity index (χ4v) is 2.69. The third-order valence-electron chi connectivity index (χ3n) is 3.65. The highest BCUT2D eigenvalue weighted by atomic mass is 19.1. The first-order valence-electron chi connectivity index (χ1n) is 6.93. The van der Waals surface area contributed by atoms with Crippen LogP contribution < -0.4 is 9.47 Å². The molecule has 0 bridgehead atoms. The summed E-state index contributed by atoms with van der Waals surface area (Å²) in [5.74, 6) is 1.57. The van der Waals surface area contributed by atoms with E-state index in [1.165, 1.54) is 12.1 Å². The predicted molar refractivity (Wildman–Crippen MR) is 78.3 cm³/mol. The summed E-state index contributed by atoms with van der Waals surface area (Å²) < 4.78 is 26.1. The molecule has 0 saturated heterocycles. The maximum absolute atomic E-state index is 13.5. The van der Waals surface area contributed by atoms with Crippen LogP contribution in [0.5, 0.6) is 11.5 Å². The van der Waals surface area contributed by atoms with Crippen molar-refractivity contribution in [3.8, 4) is 22.9 Å². The monoisotopic (exact) mass is 300 g/mol. The van der Waals surface area contributed by atoms with Gasteiger partial charge in [0.2, 0.25) is 6.79 Å². The minimum atomic E-state index is -0.325. The van der Waals surface area contributed by atoms with Crippen molar-refractivity contribution in [2.45, 2.75) is 6.54 Å². The van der Waals surface area contributed by atoms with Crippen molar-refractivity contribution in [1.29, 1.82) is 0 Å². The Labute approximate surface area is 125 Å². The lowest BCUT2D eigenvalue weighted by atomic mass is 10.2. The minimum Gasteiger partial charge on any atom is -0.454 e. The Kier molecular flexibility index (Phi) is 2.97. The molecule has 0 fully saturated rings. The van der Waals surface area contributed by atoms with Crippen LogP contribution in [0.1, 0.15) is 0 Å². The van der Waals surface area contributed by atoms with Crippen LogP contribution in [0.2, 0.25) is 0 Å². The lowest BCUT2D eigenvalue weighted by Gasteiger charge is -2.07. The molecule has 5 nitrogen and oxygen atoms in total. The van der Waals surface area contributed by atoms with Crippen molar-refractivity contribution in [1.82, 2.24) is 9.55 Å². The summed E-state index contributed by atoms with van der Waals surface area (Å²) in [5.41, 5.74) is 2.20. The molecule has 2 heterocycles. The number of nitrogens with zero attached hydrogens (tertiary/aromatic N) is 2. The van der Waals surface area contributed by atoms with Gasteiger partial charge in [-0.05, 0) is 12.1 Å². The summed E-state index contributed by atoms with van der Waals surface area (Å²) in [7, 11) is 0. The van der Waals surface area contributed by atoms with Crippen LogP contribution in [-0.4, -0.2) is 28.1 Å². The van der Waals surface area contributed by atoms with E-state index in [9.17, 15) is 9.50 Å². The van der Waals surface area contributed by atoms with Crippen LogP contribution >= 0.6 is 0 Å². The van der Waals surface area contributed by atoms with Crippen LogP contribution in [-0.2, 0) is 6.54 Å². The van der Waals surface area contributed by atoms with E-state index in [1.54, 1.807) is 18.2 Å². The molecule has 22 heavy (non-hydrogen) atoms. The molecule has 0 amide bonds. The Bertz CT molecular complexity index is 860. The first kappa shape index (κ1) is 13.1. The molecule has 1 N–H and O–H groups in total. The van der Waals surface area contributed by atoms with Crippen LogP contribution in [0.25, 0.3) is 22.4 Å². The second-order valence-corrected chi connectivity index (χ2v) is 5.02. The smallest absolute Gasteiger partial charge is 0.231 e. The third kappa shape index (κ3) is 2.00. The molecular weight excluding hydrogens is 287 g/mol. The molecule has 112 valence electrons. The Morgan fingerprint density at radius 1 is 1.18 bits per heavy atom. The SMILES string of the molecule is OCCn1c(-c2cccc(F)c2)nc2cc3c(cc21)OCO3. The molecule has 0 atom stereocenters. The van der Waals surface area contributed by atoms with Crippen molar-refractivity contribution < 1.29 is 19.0 Å². The van der Waals surface area contributed by atoms with Gasteiger partial charge in [0.1, 0.15) is 11.6 Å². The normalized spacial score (nSPS) is 13.0. The zero-order valence-corrected chi connectivity index (χ0v) is 11.6. The number of rotatable bonds is 3. The average Bonchev–Trinajstić information content (AvgIpc) is 3.10. The molecule has 0 radical (unpaired) electrons. The molecule has 3 aromatic rings. The van der Waals surface area contributed by atoms with E-state index in [1.807, 2.05) is 10.6 Å². The lowest BCUT2D eigenvalue weighted by Crippen LogP contribution is -2.04. The summed E-state index contributed by atoms with van der Waals surface area (Å²) >= 11 is 0. The second kappa shape index (κ2) is 4.99. The predicted octanol–water partition coefficient (Wildman–Crippen LogP) is 2.56. The molecule has 1 aromatic heterocycles. The van der Waals surface area contributed by atoms with Crippen molar-refractivity contribution in [2.24, 2.45) is 0 Å². The standard InChI is InChI=1S/C16H13FN2O3/c17-11-3-1-2-10(6-11)16-18-12-7-14-15(22-9-21-14)8-13(12)19(16)4-5-20/h1-3,6-8,20H,4-5,9H2. The third-order valence-corrected chi connectivity index (χ3v) is 3.65. The van der Waals surface area contributed by atoms with E-state index in [-0.39, 0.29) is 19.2 Å². The van der Waals surface area contributed by atoms with Gasteiger partial charge < -0.3 is 19.1 Å². The molecule has 0 spiro atoms. The number of aromatic nitrogens is 2. The number of imidazole rings is 1. The summed E-state index contributed by atoms with van der Waals surface area (Å²) in [6, 6.07) is 9.88. The Morgan fingerprint density at radius 2 is 2.00 bits per heavy atom. The van der Waals surface area contributed by atoms with Crippen LogP contribution in [0.3, 0.4) is 0 Å². The van der Waals surface area contributed by atoms with E-state index >= 15 is 0 Å². The molecular formula is C16H13FN2O3. The number of aliphatic hydroxyl groups excluding tert-OH is 1. The first-order chi connectivity index (χ1) is 10.8. The summed E-state index contributed by atoms with van der Waals surface area (Å²) in [4.78, 5) is 4.57. The van der Waals surface area contributed by atoms with Gasteiger partial charge >= 0.3 is 0 Å². The molecule has 1 aliphatic heterocycles. The van der Waals surface area contributed by atoms with Crippen LogP contribution in [0.4, 0.5) is 4.39 Å². The molecule has 0 aliphatic carbocycles. The van der Waals surface area contributed by atoms with Gasteiger partial charge in [-0.1, -0.05) is 12.1 Å². The minimum absolute atomic E-state index is 0.0395. The lowest BCUT2D eigenvalue weighted by molar-refractivity contribution is 0.174. The van der Waals surface area contributed by atoms with Crippen molar-refractivity contribution >= 4 is 11.0 Å². The summed E-state index contributed by atoms with van der Waals surface area (Å²) in [6.45, 7) is 0.517. The van der Waals surface area contributed by atoms with E-state index in [2.05, 4.69) is 4.98 Å². The van der Waals surface area contributed by atoms with Crippen molar-refractivity contribution in [2.75, 3.05) is 13.4 Å². The highest BCUT2D eigenvalue weighted by molar-refractivity contribution is 5.84. The number of benzene rings is 2. The second-order valence-electron chi connectivity index (χ2n) is 5.02. The maximum atomic E-state index is 13.5. The van der Waals surface area contributed by atoms with E-state index in [0.29, 0.717) is 29.4 Å². The van der Waals surface area contributed by atoms with Gasteiger partial charge in [0, 0.05) is 24.2 Å². The van der Waals surface area contributed by atoms with Gasteiger partial charge in [-0.2, -0.15) is 0 Å². The number of hydrogen-bond donors (Lipinski definition) is 1. The fraction of sp³-hybridized carbons (Fsp3) is 0.188. The largest absolute Gasteiger partial charge is 0.454 e. The van der Waals surface area contributed by atoms with Crippen LogP contribution in [0, 0.1) is 5.82 Å². The number of halogens is 1. The van der Waals surface area contributed by atoms with Gasteiger partial charge in [-0.3, -0.25) is 0 Å². The highest BCUT2D eigenvalue weighted by Gasteiger charge is 2.19.